The number of nitrogens with one attached hydrogen (secondary N) is 1. The van der Waals surface area contributed by atoms with Crippen LogP contribution in [0.2, 0.25) is 0 Å². The minimum Gasteiger partial charge on any atom is -0.356 e. The second kappa shape index (κ2) is 7.04. The van der Waals surface area contributed by atoms with Crippen molar-refractivity contribution in [2.75, 3.05) is 6.54 Å². The summed E-state index contributed by atoms with van der Waals surface area (Å²) in [5.41, 5.74) is 1.04. The SMILES string of the molecule is NS(=O)(=O)c1ccc(CCCNC(=O)CC2CCC2)cc1. The average molecular weight is 310 g/mol. The molecular formula is C15H22N2O3S. The van der Waals surface area contributed by atoms with Crippen molar-refractivity contribution in [2.24, 2.45) is 11.1 Å². The van der Waals surface area contributed by atoms with Gasteiger partial charge >= 0.3 is 0 Å². The third-order valence-corrected chi connectivity index (χ3v) is 4.84. The van der Waals surface area contributed by atoms with Gasteiger partial charge in [-0.25, -0.2) is 13.6 Å². The van der Waals surface area contributed by atoms with Crippen LogP contribution in [-0.4, -0.2) is 20.9 Å². The first-order chi connectivity index (χ1) is 9.95. The van der Waals surface area contributed by atoms with Crippen molar-refractivity contribution in [3.8, 4) is 0 Å². The van der Waals surface area contributed by atoms with Gasteiger partial charge in [0.25, 0.3) is 0 Å². The number of carbonyl (C=O) groups is 1. The number of rotatable bonds is 7. The van der Waals surface area contributed by atoms with E-state index in [1.807, 2.05) is 0 Å². The largest absolute Gasteiger partial charge is 0.356 e. The highest BCUT2D eigenvalue weighted by Gasteiger charge is 2.20. The van der Waals surface area contributed by atoms with Crippen LogP contribution < -0.4 is 10.5 Å². The lowest BCUT2D eigenvalue weighted by Gasteiger charge is -2.24. The molecule has 1 fully saturated rings. The standard InChI is InChI=1S/C15H22N2O3S/c16-21(19,20)14-8-6-12(7-9-14)5-2-10-17-15(18)11-13-3-1-4-13/h6-9,13H,1-5,10-11H2,(H,17,18)(H2,16,19,20). The van der Waals surface area contributed by atoms with Gasteiger partial charge in [-0.3, -0.25) is 4.79 Å². The van der Waals surface area contributed by atoms with Gasteiger partial charge in [-0.2, -0.15) is 0 Å². The highest BCUT2D eigenvalue weighted by atomic mass is 32.2. The zero-order valence-electron chi connectivity index (χ0n) is 12.0. The molecule has 0 aromatic heterocycles. The Morgan fingerprint density at radius 1 is 1.24 bits per heavy atom. The van der Waals surface area contributed by atoms with Crippen LogP contribution in [-0.2, 0) is 21.2 Å². The second-order valence-corrected chi connectivity index (χ2v) is 7.20. The molecule has 1 saturated carbocycles. The van der Waals surface area contributed by atoms with Gasteiger partial charge in [-0.15, -0.1) is 0 Å². The fraction of sp³-hybridized carbons (Fsp3) is 0.533. The van der Waals surface area contributed by atoms with E-state index in [9.17, 15) is 13.2 Å². The molecule has 0 unspecified atom stereocenters. The lowest BCUT2D eigenvalue weighted by molar-refractivity contribution is -0.122. The van der Waals surface area contributed by atoms with E-state index in [2.05, 4.69) is 5.32 Å². The van der Waals surface area contributed by atoms with Crippen LogP contribution in [0.1, 0.15) is 37.7 Å². The van der Waals surface area contributed by atoms with E-state index in [-0.39, 0.29) is 10.8 Å². The van der Waals surface area contributed by atoms with Crippen LogP contribution in [0, 0.1) is 5.92 Å². The Hall–Kier alpha value is -1.40. The monoisotopic (exact) mass is 310 g/mol. The van der Waals surface area contributed by atoms with E-state index in [0.717, 1.165) is 18.4 Å². The van der Waals surface area contributed by atoms with Crippen molar-refractivity contribution in [1.82, 2.24) is 5.32 Å². The summed E-state index contributed by atoms with van der Waals surface area (Å²) in [5.74, 6) is 0.736. The molecule has 3 N–H and O–H groups in total. The molecule has 5 nitrogen and oxygen atoms in total. The van der Waals surface area contributed by atoms with E-state index in [4.69, 9.17) is 5.14 Å². The van der Waals surface area contributed by atoms with Crippen LogP contribution in [0.5, 0.6) is 0 Å². The van der Waals surface area contributed by atoms with Gasteiger partial charge in [-0.05, 0) is 49.3 Å². The van der Waals surface area contributed by atoms with Gasteiger partial charge in [0.15, 0.2) is 0 Å². The van der Waals surface area contributed by atoms with Crippen molar-refractivity contribution in [3.63, 3.8) is 0 Å². The molecule has 1 aromatic rings. The van der Waals surface area contributed by atoms with E-state index < -0.39 is 10.0 Å². The van der Waals surface area contributed by atoms with Crippen LogP contribution >= 0.6 is 0 Å². The molecule has 6 heteroatoms. The zero-order chi connectivity index (χ0) is 15.3. The van der Waals surface area contributed by atoms with Gasteiger partial charge in [0.2, 0.25) is 15.9 Å². The summed E-state index contributed by atoms with van der Waals surface area (Å²) < 4.78 is 22.3. The molecule has 0 spiro atoms. The van der Waals surface area contributed by atoms with Crippen molar-refractivity contribution < 1.29 is 13.2 Å². The molecule has 1 aliphatic rings. The van der Waals surface area contributed by atoms with Crippen molar-refractivity contribution >= 4 is 15.9 Å². The van der Waals surface area contributed by atoms with Crippen LogP contribution in [0.15, 0.2) is 29.2 Å². The molecular weight excluding hydrogens is 288 g/mol. The Balaban J connectivity index is 1.67. The molecule has 0 heterocycles. The van der Waals surface area contributed by atoms with E-state index in [1.165, 1.54) is 31.4 Å². The summed E-state index contributed by atoms with van der Waals surface area (Å²) in [6.07, 6.45) is 5.92. The van der Waals surface area contributed by atoms with Crippen molar-refractivity contribution in [2.45, 2.75) is 43.4 Å². The Bertz CT molecular complexity index is 577. The molecule has 0 atom stereocenters. The predicted octanol–water partition coefficient (Wildman–Crippen LogP) is 1.57. The number of hydrogen-bond acceptors (Lipinski definition) is 3. The first-order valence-corrected chi connectivity index (χ1v) is 8.88. The number of benzene rings is 1. The van der Waals surface area contributed by atoms with Crippen LogP contribution in [0.4, 0.5) is 0 Å². The Kier molecular flexibility index (Phi) is 5.36. The molecule has 116 valence electrons. The quantitative estimate of drug-likeness (QED) is 0.749. The predicted molar refractivity (Wildman–Crippen MR) is 81.1 cm³/mol. The Labute approximate surface area is 126 Å². The number of amides is 1. The Morgan fingerprint density at radius 2 is 1.90 bits per heavy atom. The fourth-order valence-corrected chi connectivity index (χ4v) is 2.91. The van der Waals surface area contributed by atoms with E-state index in [0.29, 0.717) is 18.9 Å². The third kappa shape index (κ3) is 5.13. The zero-order valence-corrected chi connectivity index (χ0v) is 12.9. The number of aryl methyl sites for hydroxylation is 1. The topological polar surface area (TPSA) is 89.3 Å². The molecule has 21 heavy (non-hydrogen) atoms. The maximum absolute atomic E-state index is 11.6. The van der Waals surface area contributed by atoms with Gasteiger partial charge in [0.1, 0.15) is 0 Å². The number of nitrogens with two attached hydrogens (primary N) is 1. The van der Waals surface area contributed by atoms with E-state index in [1.54, 1.807) is 12.1 Å². The lowest BCUT2D eigenvalue weighted by atomic mass is 9.83. The number of carbonyl (C=O) groups excluding carboxylic acids is 1. The normalized spacial score (nSPS) is 15.5. The van der Waals surface area contributed by atoms with E-state index >= 15 is 0 Å². The minimum atomic E-state index is -3.62. The molecule has 0 radical (unpaired) electrons. The summed E-state index contributed by atoms with van der Waals surface area (Å²) in [5, 5.41) is 7.98. The van der Waals surface area contributed by atoms with Crippen molar-refractivity contribution in [3.05, 3.63) is 29.8 Å². The number of primary sulfonamides is 1. The summed E-state index contributed by atoms with van der Waals surface area (Å²) in [6, 6.07) is 6.55. The van der Waals surface area contributed by atoms with Gasteiger partial charge in [-0.1, -0.05) is 18.6 Å². The molecule has 2 rings (SSSR count). The molecule has 1 amide bonds. The smallest absolute Gasteiger partial charge is 0.238 e. The van der Waals surface area contributed by atoms with Gasteiger partial charge < -0.3 is 5.32 Å². The average Bonchev–Trinajstić information content (AvgIpc) is 2.39. The summed E-state index contributed by atoms with van der Waals surface area (Å²) in [4.78, 5) is 11.7. The molecule has 1 aromatic carbocycles. The summed E-state index contributed by atoms with van der Waals surface area (Å²) in [6.45, 7) is 0.655. The number of sulfonamides is 1. The molecule has 0 saturated heterocycles. The highest BCUT2D eigenvalue weighted by Crippen LogP contribution is 2.29. The first kappa shape index (κ1) is 16.0. The first-order valence-electron chi connectivity index (χ1n) is 7.33. The van der Waals surface area contributed by atoms with Crippen LogP contribution in [0.25, 0.3) is 0 Å². The summed E-state index contributed by atoms with van der Waals surface area (Å²) >= 11 is 0. The lowest BCUT2D eigenvalue weighted by Crippen LogP contribution is -2.28. The maximum Gasteiger partial charge on any atom is 0.238 e. The molecule has 0 aliphatic heterocycles. The summed E-state index contributed by atoms with van der Waals surface area (Å²) in [7, 11) is -3.62. The minimum absolute atomic E-state index is 0.125. The van der Waals surface area contributed by atoms with Gasteiger partial charge in [0, 0.05) is 13.0 Å². The maximum atomic E-state index is 11.6. The molecule has 0 bridgehead atoms. The highest BCUT2D eigenvalue weighted by molar-refractivity contribution is 7.89. The third-order valence-electron chi connectivity index (χ3n) is 3.92. The van der Waals surface area contributed by atoms with Crippen LogP contribution in [0.3, 0.4) is 0 Å². The van der Waals surface area contributed by atoms with Gasteiger partial charge in [0.05, 0.1) is 4.90 Å². The second-order valence-electron chi connectivity index (χ2n) is 5.64. The Morgan fingerprint density at radius 3 is 2.43 bits per heavy atom. The van der Waals surface area contributed by atoms with Crippen molar-refractivity contribution in [1.29, 1.82) is 0 Å². The fourth-order valence-electron chi connectivity index (χ4n) is 2.40. The number of hydrogen-bond donors (Lipinski definition) is 2. The molecule has 1 aliphatic carbocycles.